The van der Waals surface area contributed by atoms with E-state index in [4.69, 9.17) is 4.74 Å². The van der Waals surface area contributed by atoms with Crippen molar-refractivity contribution < 1.29 is 13.5 Å². The zero-order valence-corrected chi connectivity index (χ0v) is 8.30. The van der Waals surface area contributed by atoms with Crippen molar-refractivity contribution in [1.29, 1.82) is 0 Å². The van der Waals surface area contributed by atoms with Gasteiger partial charge in [-0.25, -0.2) is 8.78 Å². The van der Waals surface area contributed by atoms with E-state index in [1.807, 2.05) is 7.05 Å². The number of nitrogens with zero attached hydrogens (tertiary/aromatic N) is 1. The van der Waals surface area contributed by atoms with E-state index in [0.29, 0.717) is 12.6 Å². The Labute approximate surface area is 82.4 Å². The van der Waals surface area contributed by atoms with Gasteiger partial charge in [0.2, 0.25) is 0 Å². The van der Waals surface area contributed by atoms with Crippen molar-refractivity contribution in [3.8, 4) is 0 Å². The molecule has 0 aromatic carbocycles. The molecule has 1 N–H and O–H groups in total. The zero-order chi connectivity index (χ0) is 10.2. The average Bonchev–Trinajstić information content (AvgIpc) is 2.25. The lowest BCUT2D eigenvalue weighted by Crippen LogP contribution is -2.50. The molecular formula is C9H16F2N2O. The number of likely N-dealkylation sites (N-methyl/N-ethyl adjacent to an activating group) is 1. The summed E-state index contributed by atoms with van der Waals surface area (Å²) in [6.07, 6.45) is -0.0368. The van der Waals surface area contributed by atoms with E-state index in [9.17, 15) is 8.78 Å². The fourth-order valence-corrected chi connectivity index (χ4v) is 1.90. The molecule has 1 atom stereocenters. The maximum atomic E-state index is 12.8. The van der Waals surface area contributed by atoms with Crippen LogP contribution in [-0.4, -0.2) is 56.3 Å². The van der Waals surface area contributed by atoms with Crippen LogP contribution in [0.1, 0.15) is 6.42 Å². The minimum absolute atomic E-state index is 0.0368. The lowest BCUT2D eigenvalue weighted by atomic mass is 10.1. The van der Waals surface area contributed by atoms with E-state index < -0.39 is 5.92 Å². The third-order valence-electron chi connectivity index (χ3n) is 2.95. The minimum atomic E-state index is -2.51. The normalized spacial score (nSPS) is 32.1. The highest BCUT2D eigenvalue weighted by molar-refractivity contribution is 4.90. The summed E-state index contributed by atoms with van der Waals surface area (Å²) < 4.78 is 30.7. The SMILES string of the molecule is CN(CC1CC(F)(F)CN1)C1COC1. The van der Waals surface area contributed by atoms with E-state index in [0.717, 1.165) is 13.2 Å². The van der Waals surface area contributed by atoms with E-state index in [-0.39, 0.29) is 19.0 Å². The van der Waals surface area contributed by atoms with E-state index in [1.165, 1.54) is 0 Å². The number of halogens is 2. The van der Waals surface area contributed by atoms with Crippen LogP contribution in [0.3, 0.4) is 0 Å². The molecule has 2 fully saturated rings. The molecule has 2 aliphatic rings. The maximum absolute atomic E-state index is 12.8. The van der Waals surface area contributed by atoms with Gasteiger partial charge in [0, 0.05) is 19.0 Å². The average molecular weight is 206 g/mol. The Kier molecular flexibility index (Phi) is 2.72. The molecule has 1 unspecified atom stereocenters. The summed E-state index contributed by atoms with van der Waals surface area (Å²) in [5.74, 6) is -2.51. The van der Waals surface area contributed by atoms with Crippen LogP contribution >= 0.6 is 0 Å². The van der Waals surface area contributed by atoms with Crippen LogP contribution in [0, 0.1) is 0 Å². The number of nitrogens with one attached hydrogen (secondary N) is 1. The summed E-state index contributed by atoms with van der Waals surface area (Å²) in [5.41, 5.74) is 0. The highest BCUT2D eigenvalue weighted by Gasteiger charge is 2.40. The Hall–Kier alpha value is -0.260. The number of alkyl halides is 2. The van der Waals surface area contributed by atoms with E-state index in [2.05, 4.69) is 10.2 Å². The largest absolute Gasteiger partial charge is 0.378 e. The van der Waals surface area contributed by atoms with Crippen LogP contribution in [0.5, 0.6) is 0 Å². The molecule has 0 amide bonds. The molecule has 3 nitrogen and oxygen atoms in total. The van der Waals surface area contributed by atoms with Crippen LogP contribution in [0.4, 0.5) is 8.78 Å². The van der Waals surface area contributed by atoms with Crippen molar-refractivity contribution in [2.24, 2.45) is 0 Å². The van der Waals surface area contributed by atoms with Gasteiger partial charge in [0.05, 0.1) is 25.8 Å². The third-order valence-corrected chi connectivity index (χ3v) is 2.95. The highest BCUT2D eigenvalue weighted by Crippen LogP contribution is 2.25. The first-order valence-corrected chi connectivity index (χ1v) is 4.96. The summed E-state index contributed by atoms with van der Waals surface area (Å²) in [6, 6.07) is 0.349. The Bertz CT molecular complexity index is 209. The van der Waals surface area contributed by atoms with Gasteiger partial charge in [-0.05, 0) is 7.05 Å². The quantitative estimate of drug-likeness (QED) is 0.719. The van der Waals surface area contributed by atoms with Crippen LogP contribution in [0.2, 0.25) is 0 Å². The smallest absolute Gasteiger partial charge is 0.261 e. The van der Waals surface area contributed by atoms with Crippen molar-refractivity contribution >= 4 is 0 Å². The van der Waals surface area contributed by atoms with Gasteiger partial charge in [-0.15, -0.1) is 0 Å². The summed E-state index contributed by atoms with van der Waals surface area (Å²) >= 11 is 0. The minimum Gasteiger partial charge on any atom is -0.378 e. The van der Waals surface area contributed by atoms with E-state index >= 15 is 0 Å². The summed E-state index contributed by atoms with van der Waals surface area (Å²) in [7, 11) is 1.96. The molecule has 0 aromatic heterocycles. The summed E-state index contributed by atoms with van der Waals surface area (Å²) in [4.78, 5) is 2.10. The molecule has 0 saturated carbocycles. The van der Waals surface area contributed by atoms with E-state index in [1.54, 1.807) is 0 Å². The number of rotatable bonds is 3. The first-order chi connectivity index (χ1) is 6.57. The molecule has 0 radical (unpaired) electrons. The second-order valence-corrected chi connectivity index (χ2v) is 4.27. The zero-order valence-electron chi connectivity index (χ0n) is 8.30. The summed E-state index contributed by atoms with van der Waals surface area (Å²) in [5, 5.41) is 2.85. The van der Waals surface area contributed by atoms with Crippen LogP contribution < -0.4 is 5.32 Å². The Morgan fingerprint density at radius 3 is 2.64 bits per heavy atom. The lowest BCUT2D eigenvalue weighted by Gasteiger charge is -2.35. The van der Waals surface area contributed by atoms with Crippen molar-refractivity contribution in [2.45, 2.75) is 24.4 Å². The Balaban J connectivity index is 1.75. The Morgan fingerprint density at radius 1 is 1.50 bits per heavy atom. The number of ether oxygens (including phenoxy) is 1. The fourth-order valence-electron chi connectivity index (χ4n) is 1.90. The van der Waals surface area contributed by atoms with Gasteiger partial charge in [-0.1, -0.05) is 0 Å². The van der Waals surface area contributed by atoms with Gasteiger partial charge in [-0.2, -0.15) is 0 Å². The fraction of sp³-hybridized carbons (Fsp3) is 1.00. The monoisotopic (exact) mass is 206 g/mol. The Morgan fingerprint density at radius 2 is 2.21 bits per heavy atom. The highest BCUT2D eigenvalue weighted by atomic mass is 19.3. The van der Waals surface area contributed by atoms with Gasteiger partial charge in [0.1, 0.15) is 0 Å². The molecule has 82 valence electrons. The topological polar surface area (TPSA) is 24.5 Å². The van der Waals surface area contributed by atoms with Crippen molar-refractivity contribution in [1.82, 2.24) is 10.2 Å². The van der Waals surface area contributed by atoms with Gasteiger partial charge in [-0.3, -0.25) is 4.90 Å². The second kappa shape index (κ2) is 3.72. The third kappa shape index (κ3) is 2.21. The molecule has 5 heteroatoms. The molecule has 2 saturated heterocycles. The molecule has 2 aliphatic heterocycles. The first kappa shape index (κ1) is 10.3. The van der Waals surface area contributed by atoms with Crippen LogP contribution in [0.15, 0.2) is 0 Å². The summed E-state index contributed by atoms with van der Waals surface area (Å²) in [6.45, 7) is 1.98. The van der Waals surface area contributed by atoms with Crippen molar-refractivity contribution in [2.75, 3.05) is 33.4 Å². The first-order valence-electron chi connectivity index (χ1n) is 4.96. The van der Waals surface area contributed by atoms with Crippen molar-refractivity contribution in [3.63, 3.8) is 0 Å². The predicted octanol–water partition coefficient (Wildman–Crippen LogP) is 0.314. The van der Waals surface area contributed by atoms with Gasteiger partial charge < -0.3 is 10.1 Å². The maximum Gasteiger partial charge on any atom is 0.261 e. The number of hydrogen-bond acceptors (Lipinski definition) is 3. The molecule has 0 aromatic rings. The second-order valence-electron chi connectivity index (χ2n) is 4.27. The number of hydrogen-bond donors (Lipinski definition) is 1. The molecule has 0 bridgehead atoms. The molecule has 14 heavy (non-hydrogen) atoms. The molecule has 2 heterocycles. The van der Waals surface area contributed by atoms with Crippen LogP contribution in [-0.2, 0) is 4.74 Å². The van der Waals surface area contributed by atoms with Crippen molar-refractivity contribution in [3.05, 3.63) is 0 Å². The predicted molar refractivity (Wildman–Crippen MR) is 48.6 cm³/mol. The molecule has 0 spiro atoms. The van der Waals surface area contributed by atoms with Crippen LogP contribution in [0.25, 0.3) is 0 Å². The molecular weight excluding hydrogens is 190 g/mol. The molecule has 2 rings (SSSR count). The lowest BCUT2D eigenvalue weighted by molar-refractivity contribution is -0.0586. The van der Waals surface area contributed by atoms with Gasteiger partial charge >= 0.3 is 0 Å². The van der Waals surface area contributed by atoms with Gasteiger partial charge in [0.25, 0.3) is 5.92 Å². The van der Waals surface area contributed by atoms with Gasteiger partial charge in [0.15, 0.2) is 0 Å². The molecule has 0 aliphatic carbocycles. The standard InChI is InChI=1S/C9H16F2N2O/c1-13(8-4-14-5-8)3-7-2-9(10,11)6-12-7/h7-8,12H,2-6H2,1H3.